The van der Waals surface area contributed by atoms with Gasteiger partial charge in [0, 0.05) is 31.0 Å². The highest BCUT2D eigenvalue weighted by atomic mass is 32.1. The number of carbonyl (C=O) groups excluding carboxylic acids is 1. The van der Waals surface area contributed by atoms with Crippen LogP contribution < -0.4 is 5.32 Å². The Hall–Kier alpha value is -1.68. The van der Waals surface area contributed by atoms with Gasteiger partial charge in [-0.25, -0.2) is 4.98 Å². The van der Waals surface area contributed by atoms with Crippen LogP contribution in [0.5, 0.6) is 0 Å². The Bertz CT molecular complexity index is 491. The number of aromatic nitrogens is 1. The van der Waals surface area contributed by atoms with Crippen LogP contribution in [0.3, 0.4) is 0 Å². The number of anilines is 1. The van der Waals surface area contributed by atoms with Crippen LogP contribution in [0, 0.1) is 0 Å². The van der Waals surface area contributed by atoms with Crippen molar-refractivity contribution in [2.24, 2.45) is 0 Å². The summed E-state index contributed by atoms with van der Waals surface area (Å²) in [7, 11) is 0. The standard InChI is InChI=1S/C14H16N2OS/c1-2-13(17)9-11-3-5-12(6-4-11)10-16-14-15-7-8-18-14/h3-8H,2,9-10H2,1H3,(H,15,16). The Kier molecular flexibility index (Phi) is 4.47. The highest BCUT2D eigenvalue weighted by molar-refractivity contribution is 7.13. The summed E-state index contributed by atoms with van der Waals surface area (Å²) in [5.74, 6) is 0.281. The number of thiazole rings is 1. The molecule has 1 aromatic heterocycles. The molecule has 0 aliphatic rings. The minimum absolute atomic E-state index is 0.281. The molecule has 1 N–H and O–H groups in total. The maximum absolute atomic E-state index is 11.3. The van der Waals surface area contributed by atoms with E-state index in [0.29, 0.717) is 12.8 Å². The molecule has 94 valence electrons. The summed E-state index contributed by atoms with van der Waals surface area (Å²) in [6.07, 6.45) is 2.93. The third-order valence-electron chi connectivity index (χ3n) is 2.69. The lowest BCUT2D eigenvalue weighted by atomic mass is 10.1. The SMILES string of the molecule is CCC(=O)Cc1ccc(CNc2nccs2)cc1. The zero-order chi connectivity index (χ0) is 12.8. The molecule has 4 heteroatoms. The third kappa shape index (κ3) is 3.67. The first-order valence-electron chi connectivity index (χ1n) is 6.01. The minimum atomic E-state index is 0.281. The molecule has 0 spiro atoms. The van der Waals surface area contributed by atoms with Crippen LogP contribution in [0.15, 0.2) is 35.8 Å². The van der Waals surface area contributed by atoms with Crippen molar-refractivity contribution < 1.29 is 4.79 Å². The number of benzene rings is 1. The highest BCUT2D eigenvalue weighted by Crippen LogP contribution is 2.13. The molecule has 0 radical (unpaired) electrons. The lowest BCUT2D eigenvalue weighted by Crippen LogP contribution is -2.02. The maximum Gasteiger partial charge on any atom is 0.182 e. The number of hydrogen-bond donors (Lipinski definition) is 1. The largest absolute Gasteiger partial charge is 0.357 e. The number of Topliss-reactive ketones (excluding diaryl/α,β-unsaturated/α-hetero) is 1. The first kappa shape index (κ1) is 12.8. The third-order valence-corrected chi connectivity index (χ3v) is 3.43. The van der Waals surface area contributed by atoms with E-state index in [0.717, 1.165) is 17.2 Å². The van der Waals surface area contributed by atoms with Crippen molar-refractivity contribution >= 4 is 22.3 Å². The smallest absolute Gasteiger partial charge is 0.182 e. The van der Waals surface area contributed by atoms with Gasteiger partial charge in [0.15, 0.2) is 5.13 Å². The molecule has 1 heterocycles. The van der Waals surface area contributed by atoms with Crippen molar-refractivity contribution in [1.82, 2.24) is 4.98 Å². The monoisotopic (exact) mass is 260 g/mol. The van der Waals surface area contributed by atoms with Crippen LogP contribution in [-0.4, -0.2) is 10.8 Å². The number of carbonyl (C=O) groups is 1. The van der Waals surface area contributed by atoms with Crippen LogP contribution in [0.1, 0.15) is 24.5 Å². The lowest BCUT2D eigenvalue weighted by molar-refractivity contribution is -0.118. The zero-order valence-electron chi connectivity index (χ0n) is 10.3. The topological polar surface area (TPSA) is 42.0 Å². The van der Waals surface area contributed by atoms with Crippen LogP contribution in [0.2, 0.25) is 0 Å². The number of nitrogens with one attached hydrogen (secondary N) is 1. The Morgan fingerprint density at radius 2 is 2.00 bits per heavy atom. The van der Waals surface area contributed by atoms with Gasteiger partial charge in [0.1, 0.15) is 5.78 Å². The van der Waals surface area contributed by atoms with Crippen molar-refractivity contribution in [3.05, 3.63) is 47.0 Å². The number of ketones is 1. The molecule has 2 aromatic rings. The second-order valence-corrected chi connectivity index (χ2v) is 4.97. The molecule has 1 aromatic carbocycles. The summed E-state index contributed by atoms with van der Waals surface area (Å²) >= 11 is 1.59. The predicted molar refractivity (Wildman–Crippen MR) is 74.9 cm³/mol. The van der Waals surface area contributed by atoms with E-state index in [9.17, 15) is 4.79 Å². The van der Waals surface area contributed by atoms with Crippen molar-refractivity contribution in [3.8, 4) is 0 Å². The molecule has 0 bridgehead atoms. The average molecular weight is 260 g/mol. The van der Waals surface area contributed by atoms with Crippen molar-refractivity contribution in [1.29, 1.82) is 0 Å². The molecule has 0 saturated heterocycles. The van der Waals surface area contributed by atoms with Crippen LogP contribution in [0.4, 0.5) is 5.13 Å². The van der Waals surface area contributed by atoms with Gasteiger partial charge >= 0.3 is 0 Å². The predicted octanol–water partition coefficient (Wildman–Crippen LogP) is 3.28. The summed E-state index contributed by atoms with van der Waals surface area (Å²) in [5.41, 5.74) is 2.28. The van der Waals surface area contributed by atoms with Crippen molar-refractivity contribution in [2.75, 3.05) is 5.32 Å². The summed E-state index contributed by atoms with van der Waals surface area (Å²) < 4.78 is 0. The second kappa shape index (κ2) is 6.31. The average Bonchev–Trinajstić information content (AvgIpc) is 2.91. The minimum Gasteiger partial charge on any atom is -0.357 e. The van der Waals surface area contributed by atoms with E-state index in [1.54, 1.807) is 17.5 Å². The van der Waals surface area contributed by atoms with Gasteiger partial charge in [-0.15, -0.1) is 11.3 Å². The summed E-state index contributed by atoms with van der Waals surface area (Å²) in [4.78, 5) is 15.5. The molecule has 18 heavy (non-hydrogen) atoms. The van der Waals surface area contributed by atoms with Crippen LogP contribution in [-0.2, 0) is 17.8 Å². The Morgan fingerprint density at radius 3 is 2.61 bits per heavy atom. The summed E-state index contributed by atoms with van der Waals surface area (Å²) in [6, 6.07) is 8.15. The van der Waals surface area contributed by atoms with E-state index in [2.05, 4.69) is 22.4 Å². The molecule has 0 aliphatic heterocycles. The molecular formula is C14H16N2OS. The lowest BCUT2D eigenvalue weighted by Gasteiger charge is -2.04. The van der Waals surface area contributed by atoms with Gasteiger partial charge in [-0.05, 0) is 11.1 Å². The summed E-state index contributed by atoms with van der Waals surface area (Å²) in [6.45, 7) is 2.66. The van der Waals surface area contributed by atoms with Crippen molar-refractivity contribution in [2.45, 2.75) is 26.3 Å². The molecule has 0 amide bonds. The highest BCUT2D eigenvalue weighted by Gasteiger charge is 2.01. The van der Waals surface area contributed by atoms with Gasteiger partial charge in [0.25, 0.3) is 0 Å². The zero-order valence-corrected chi connectivity index (χ0v) is 11.2. The summed E-state index contributed by atoms with van der Waals surface area (Å²) in [5, 5.41) is 6.13. The van der Waals surface area contributed by atoms with E-state index >= 15 is 0 Å². The quantitative estimate of drug-likeness (QED) is 0.866. The second-order valence-electron chi connectivity index (χ2n) is 4.08. The Labute approximate surface area is 111 Å². The molecule has 0 fully saturated rings. The number of nitrogens with zero attached hydrogens (tertiary/aromatic N) is 1. The van der Waals surface area contributed by atoms with E-state index in [1.165, 1.54) is 5.56 Å². The van der Waals surface area contributed by atoms with Gasteiger partial charge in [-0.2, -0.15) is 0 Å². The maximum atomic E-state index is 11.3. The fourth-order valence-electron chi connectivity index (χ4n) is 1.62. The molecule has 3 nitrogen and oxygen atoms in total. The molecule has 0 saturated carbocycles. The van der Waals surface area contributed by atoms with Gasteiger partial charge in [0.2, 0.25) is 0 Å². The fraction of sp³-hybridized carbons (Fsp3) is 0.286. The van der Waals surface area contributed by atoms with Gasteiger partial charge in [-0.1, -0.05) is 31.2 Å². The number of rotatable bonds is 6. The molecule has 0 aliphatic carbocycles. The first-order chi connectivity index (χ1) is 8.78. The molecule has 2 rings (SSSR count). The molecule has 0 atom stereocenters. The van der Waals surface area contributed by atoms with Crippen LogP contribution in [0.25, 0.3) is 0 Å². The molecular weight excluding hydrogens is 244 g/mol. The van der Waals surface area contributed by atoms with Crippen LogP contribution >= 0.6 is 11.3 Å². The normalized spacial score (nSPS) is 10.3. The first-order valence-corrected chi connectivity index (χ1v) is 6.88. The van der Waals surface area contributed by atoms with E-state index in [1.807, 2.05) is 24.4 Å². The Morgan fingerprint density at radius 1 is 1.28 bits per heavy atom. The van der Waals surface area contributed by atoms with Crippen molar-refractivity contribution in [3.63, 3.8) is 0 Å². The molecule has 0 unspecified atom stereocenters. The van der Waals surface area contributed by atoms with Gasteiger partial charge in [0.05, 0.1) is 0 Å². The van der Waals surface area contributed by atoms with E-state index in [4.69, 9.17) is 0 Å². The Balaban J connectivity index is 1.89. The number of hydrogen-bond acceptors (Lipinski definition) is 4. The van der Waals surface area contributed by atoms with E-state index in [-0.39, 0.29) is 5.78 Å². The van der Waals surface area contributed by atoms with Gasteiger partial charge in [-0.3, -0.25) is 4.79 Å². The van der Waals surface area contributed by atoms with Gasteiger partial charge < -0.3 is 5.32 Å². The fourth-order valence-corrected chi connectivity index (χ4v) is 2.14. The van der Waals surface area contributed by atoms with E-state index < -0.39 is 0 Å².